The first-order chi connectivity index (χ1) is 5.97. The third kappa shape index (κ3) is 3.25. The van der Waals surface area contributed by atoms with Crippen molar-refractivity contribution >= 4 is 0 Å². The van der Waals surface area contributed by atoms with Gasteiger partial charge in [-0.2, -0.15) is 0 Å². The molecule has 0 saturated heterocycles. The van der Waals surface area contributed by atoms with Crippen molar-refractivity contribution in [3.05, 3.63) is 60.7 Å². The van der Waals surface area contributed by atoms with E-state index in [-0.39, 0.29) is 31.9 Å². The van der Waals surface area contributed by atoms with Gasteiger partial charge in [-0.3, -0.25) is 0 Å². The van der Waals surface area contributed by atoms with Crippen LogP contribution in [0.2, 0.25) is 0 Å². The van der Waals surface area contributed by atoms with Gasteiger partial charge in [0.25, 0.3) is 0 Å². The van der Waals surface area contributed by atoms with Gasteiger partial charge in [0.15, 0.2) is 0 Å². The number of halogens is 1. The topological polar surface area (TPSA) is 0 Å². The van der Waals surface area contributed by atoms with E-state index in [1.165, 1.54) is 11.1 Å². The average Bonchev–Trinajstić information content (AvgIpc) is 2.21. The van der Waals surface area contributed by atoms with Crippen LogP contribution >= 0.6 is 0 Å². The summed E-state index contributed by atoms with van der Waals surface area (Å²) < 4.78 is 0. The molecule has 0 saturated carbocycles. The molecule has 0 atom stereocenters. The molecule has 0 radical (unpaired) electrons. The van der Waals surface area contributed by atoms with Crippen molar-refractivity contribution in [2.24, 2.45) is 0 Å². The molecule has 66 valence electrons. The van der Waals surface area contributed by atoms with Crippen molar-refractivity contribution in [2.45, 2.75) is 0 Å². The van der Waals surface area contributed by atoms with Gasteiger partial charge >= 0.3 is 19.5 Å². The molecule has 0 unspecified atom stereocenters. The molecular formula is C12H10ClZn+. The van der Waals surface area contributed by atoms with E-state index in [0.717, 1.165) is 0 Å². The second-order valence-electron chi connectivity index (χ2n) is 2.73. The Kier molecular flexibility index (Phi) is 6.44. The molecule has 0 aromatic heterocycles. The largest absolute Gasteiger partial charge is 2.00 e. The van der Waals surface area contributed by atoms with Gasteiger partial charge in [0.1, 0.15) is 0 Å². The fourth-order valence-corrected chi connectivity index (χ4v) is 1.26. The van der Waals surface area contributed by atoms with Crippen LogP contribution in [-0.4, -0.2) is 0 Å². The van der Waals surface area contributed by atoms with Gasteiger partial charge in [0, 0.05) is 0 Å². The predicted octanol–water partition coefficient (Wildman–Crippen LogP) is 0.355. The monoisotopic (exact) mass is 253 g/mol. The van der Waals surface area contributed by atoms with E-state index in [0.29, 0.717) is 0 Å². The maximum Gasteiger partial charge on any atom is 2.00 e. The minimum Gasteiger partial charge on any atom is -1.00 e. The molecule has 14 heavy (non-hydrogen) atoms. The Labute approximate surface area is 104 Å². The summed E-state index contributed by atoms with van der Waals surface area (Å²) in [7, 11) is 0. The molecule has 0 aliphatic carbocycles. The van der Waals surface area contributed by atoms with Crippen molar-refractivity contribution in [3.8, 4) is 11.1 Å². The molecule has 0 aliphatic rings. The number of hydrogen-bond acceptors (Lipinski definition) is 0. The first-order valence-corrected chi connectivity index (χ1v) is 4.07. The molecule has 2 heteroatoms. The SMILES string of the molecule is [Cl-].[Zn+2].c1ccc(-c2ccccc2)cc1. The van der Waals surface area contributed by atoms with Crippen molar-refractivity contribution in [1.82, 2.24) is 0 Å². The fourth-order valence-electron chi connectivity index (χ4n) is 1.26. The van der Waals surface area contributed by atoms with Crippen LogP contribution in [-0.2, 0) is 19.5 Å². The fraction of sp³-hybridized carbons (Fsp3) is 0. The summed E-state index contributed by atoms with van der Waals surface area (Å²) in [6.45, 7) is 0. The van der Waals surface area contributed by atoms with Crippen LogP contribution in [0.5, 0.6) is 0 Å². The second kappa shape index (κ2) is 6.76. The third-order valence-corrected chi connectivity index (χ3v) is 1.88. The van der Waals surface area contributed by atoms with Gasteiger partial charge in [-0.1, -0.05) is 60.7 Å². The van der Waals surface area contributed by atoms with Gasteiger partial charge in [-0.25, -0.2) is 0 Å². The van der Waals surface area contributed by atoms with Gasteiger partial charge in [-0.15, -0.1) is 0 Å². The summed E-state index contributed by atoms with van der Waals surface area (Å²) in [5.74, 6) is 0. The Hall–Kier alpha value is -0.647. The zero-order valence-corrected chi connectivity index (χ0v) is 11.6. The van der Waals surface area contributed by atoms with Gasteiger partial charge in [0.05, 0.1) is 0 Å². The van der Waals surface area contributed by atoms with Crippen LogP contribution in [0.4, 0.5) is 0 Å². The van der Waals surface area contributed by atoms with Crippen LogP contribution in [0.25, 0.3) is 11.1 Å². The second-order valence-corrected chi connectivity index (χ2v) is 2.73. The van der Waals surface area contributed by atoms with E-state index in [1.54, 1.807) is 0 Å². The Morgan fingerprint density at radius 2 is 0.786 bits per heavy atom. The maximum atomic E-state index is 2.12. The van der Waals surface area contributed by atoms with Crippen LogP contribution in [0.3, 0.4) is 0 Å². The van der Waals surface area contributed by atoms with Crippen LogP contribution in [0.15, 0.2) is 60.7 Å². The molecule has 0 aliphatic heterocycles. The summed E-state index contributed by atoms with van der Waals surface area (Å²) in [5.41, 5.74) is 2.55. The van der Waals surface area contributed by atoms with E-state index in [9.17, 15) is 0 Å². The van der Waals surface area contributed by atoms with Crippen molar-refractivity contribution < 1.29 is 31.9 Å². The summed E-state index contributed by atoms with van der Waals surface area (Å²) in [6.07, 6.45) is 0. The number of hydrogen-bond donors (Lipinski definition) is 0. The quantitative estimate of drug-likeness (QED) is 0.645. The summed E-state index contributed by atoms with van der Waals surface area (Å²) in [6, 6.07) is 20.8. The Morgan fingerprint density at radius 3 is 1.07 bits per heavy atom. The molecule has 0 bridgehead atoms. The van der Waals surface area contributed by atoms with Crippen LogP contribution < -0.4 is 12.4 Å². The predicted molar refractivity (Wildman–Crippen MR) is 51.9 cm³/mol. The molecule has 0 amide bonds. The van der Waals surface area contributed by atoms with Crippen molar-refractivity contribution in [2.75, 3.05) is 0 Å². The Bertz CT molecular complexity index is 308. The molecule has 2 rings (SSSR count). The Morgan fingerprint density at radius 1 is 0.500 bits per heavy atom. The van der Waals surface area contributed by atoms with E-state index in [2.05, 4.69) is 48.5 Å². The smallest absolute Gasteiger partial charge is 1.00 e. The molecule has 2 aromatic carbocycles. The maximum absolute atomic E-state index is 2.12. The molecular weight excluding hydrogens is 245 g/mol. The third-order valence-electron chi connectivity index (χ3n) is 1.88. The van der Waals surface area contributed by atoms with E-state index >= 15 is 0 Å². The molecule has 0 heterocycles. The molecule has 0 spiro atoms. The minimum absolute atomic E-state index is 0. The van der Waals surface area contributed by atoms with E-state index in [4.69, 9.17) is 0 Å². The molecule has 0 fully saturated rings. The summed E-state index contributed by atoms with van der Waals surface area (Å²) in [4.78, 5) is 0. The molecule has 0 nitrogen and oxygen atoms in total. The number of benzene rings is 2. The van der Waals surface area contributed by atoms with Crippen molar-refractivity contribution in [3.63, 3.8) is 0 Å². The minimum atomic E-state index is 0. The van der Waals surface area contributed by atoms with Crippen molar-refractivity contribution in [1.29, 1.82) is 0 Å². The normalized spacial score (nSPS) is 8.29. The van der Waals surface area contributed by atoms with Gasteiger partial charge in [-0.05, 0) is 11.1 Å². The average molecular weight is 255 g/mol. The first kappa shape index (κ1) is 13.4. The standard InChI is InChI=1S/C12H10.ClH.Zn/c1-3-7-11(8-4-1)12-9-5-2-6-10-12;;/h1-10H;1H;/q;;+2/p-1. The summed E-state index contributed by atoms with van der Waals surface area (Å²) >= 11 is 0. The van der Waals surface area contributed by atoms with Gasteiger partial charge in [0.2, 0.25) is 0 Å². The zero-order valence-electron chi connectivity index (χ0n) is 7.86. The zero-order chi connectivity index (χ0) is 8.23. The van der Waals surface area contributed by atoms with E-state index in [1.807, 2.05) is 12.1 Å². The van der Waals surface area contributed by atoms with Gasteiger partial charge < -0.3 is 12.4 Å². The van der Waals surface area contributed by atoms with Crippen LogP contribution in [0.1, 0.15) is 0 Å². The molecule has 2 aromatic rings. The van der Waals surface area contributed by atoms with Crippen LogP contribution in [0, 0.1) is 0 Å². The van der Waals surface area contributed by atoms with E-state index < -0.39 is 0 Å². The molecule has 0 N–H and O–H groups in total. The number of rotatable bonds is 1. The first-order valence-electron chi connectivity index (χ1n) is 4.07. The summed E-state index contributed by atoms with van der Waals surface area (Å²) in [5, 5.41) is 0. The Balaban J connectivity index is 0.000000845.